The van der Waals surface area contributed by atoms with Crippen LogP contribution in [0.25, 0.3) is 0 Å². The molecule has 0 saturated carbocycles. The van der Waals surface area contributed by atoms with Gasteiger partial charge in [-0.2, -0.15) is 0 Å². The van der Waals surface area contributed by atoms with Gasteiger partial charge < -0.3 is 24.8 Å². The SMILES string of the molecule is CC1=C(C)C(C)([CH2][Ti+2])C([Si](c2ccccc2)(c2ccccc2)c2ccccc2)=C1C.[Cl-].[Cl-]. The van der Waals surface area contributed by atoms with Crippen LogP contribution in [0.4, 0.5) is 0 Å². The summed E-state index contributed by atoms with van der Waals surface area (Å²) in [6.07, 6.45) is 0. The van der Waals surface area contributed by atoms with Crippen molar-refractivity contribution in [3.05, 3.63) is 113 Å². The van der Waals surface area contributed by atoms with Crippen LogP contribution in [0.15, 0.2) is 113 Å². The number of rotatable bonds is 5. The maximum atomic E-state index is 2.48. The van der Waals surface area contributed by atoms with E-state index in [-0.39, 0.29) is 30.2 Å². The zero-order chi connectivity index (χ0) is 21.4. The van der Waals surface area contributed by atoms with Crippen molar-refractivity contribution in [2.45, 2.75) is 32.4 Å². The Morgan fingerprint density at radius 3 is 1.28 bits per heavy atom. The van der Waals surface area contributed by atoms with Crippen LogP contribution < -0.4 is 40.4 Å². The monoisotopic (exact) mass is 511 g/mol. The van der Waals surface area contributed by atoms with E-state index in [9.17, 15) is 0 Å². The first-order chi connectivity index (χ1) is 14.5. The molecule has 1 aliphatic carbocycles. The topological polar surface area (TPSA) is 0 Å². The average molecular weight is 512 g/mol. The van der Waals surface area contributed by atoms with Crippen LogP contribution in [0.5, 0.6) is 0 Å². The third-order valence-electron chi connectivity index (χ3n) is 7.23. The Morgan fingerprint density at radius 1 is 0.625 bits per heavy atom. The van der Waals surface area contributed by atoms with Crippen molar-refractivity contribution in [1.29, 1.82) is 0 Å². The number of hydrogen-bond donors (Lipinski definition) is 0. The van der Waals surface area contributed by atoms with Crippen LogP contribution in [0, 0.1) is 5.41 Å². The van der Waals surface area contributed by atoms with E-state index in [1.807, 2.05) is 0 Å². The third kappa shape index (κ3) is 4.04. The van der Waals surface area contributed by atoms with Crippen LogP contribution in [0.2, 0.25) is 4.73 Å². The van der Waals surface area contributed by atoms with Crippen LogP contribution in [-0.4, -0.2) is 8.07 Å². The van der Waals surface area contributed by atoms with Crippen molar-refractivity contribution >= 4 is 23.6 Å². The second-order valence-electron chi connectivity index (χ2n) is 8.61. The van der Waals surface area contributed by atoms with Gasteiger partial charge in [0.2, 0.25) is 0 Å². The van der Waals surface area contributed by atoms with Gasteiger partial charge in [0.1, 0.15) is 0 Å². The molecule has 0 saturated heterocycles. The van der Waals surface area contributed by atoms with Gasteiger partial charge in [-0.15, -0.1) is 0 Å². The molecule has 32 heavy (non-hydrogen) atoms. The fourth-order valence-corrected chi connectivity index (χ4v) is 12.2. The zero-order valence-corrected chi connectivity index (χ0v) is 23.2. The first-order valence-electron chi connectivity index (χ1n) is 10.7. The van der Waals surface area contributed by atoms with E-state index < -0.39 is 8.07 Å². The van der Waals surface area contributed by atoms with E-state index in [0.717, 1.165) is 4.73 Å². The Hall–Kier alpha value is -1.35. The van der Waals surface area contributed by atoms with Crippen molar-refractivity contribution in [3.63, 3.8) is 0 Å². The molecule has 1 unspecified atom stereocenters. The molecule has 1 aliphatic rings. The van der Waals surface area contributed by atoms with E-state index in [1.165, 1.54) is 32.3 Å². The summed E-state index contributed by atoms with van der Waals surface area (Å²) in [6.45, 7) is 9.53. The number of allylic oxidation sites excluding steroid dienone is 4. The van der Waals surface area contributed by atoms with Gasteiger partial charge in [0.25, 0.3) is 0 Å². The van der Waals surface area contributed by atoms with Gasteiger partial charge in [0, 0.05) is 0 Å². The number of halogens is 2. The molecule has 4 rings (SSSR count). The maximum absolute atomic E-state index is 2.48. The standard InChI is InChI=1S/C28H29Si.2ClH.Ti/c1-21-22(2)27(28(4,5)23(21)3)29(24-15-9-6-10-16-24,25-17-11-7-12-18-25)26-19-13-8-14-20-26;;;/h6-20H,4H2,1-3,5H3;2*1H;/q;;;+2/p-2. The Morgan fingerprint density at radius 2 is 0.969 bits per heavy atom. The van der Waals surface area contributed by atoms with Gasteiger partial charge >= 0.3 is 195 Å². The molecular weight excluding hydrogens is 483 g/mol. The quantitative estimate of drug-likeness (QED) is 0.315. The molecule has 0 aliphatic heterocycles. The molecule has 0 aromatic heterocycles. The third-order valence-corrected chi connectivity index (χ3v) is 13.6. The fraction of sp³-hybridized carbons (Fsp3) is 0.214. The van der Waals surface area contributed by atoms with E-state index in [1.54, 1.807) is 5.20 Å². The van der Waals surface area contributed by atoms with E-state index in [4.69, 9.17) is 0 Å². The first kappa shape index (κ1) is 26.9. The molecule has 0 fully saturated rings. The van der Waals surface area contributed by atoms with Crippen molar-refractivity contribution in [2.75, 3.05) is 0 Å². The molecule has 163 valence electrons. The largest absolute Gasteiger partial charge is 1.00 e. The summed E-state index contributed by atoms with van der Waals surface area (Å²) in [5, 5.41) is 6.08. The molecule has 0 spiro atoms. The van der Waals surface area contributed by atoms with Crippen LogP contribution in [0.3, 0.4) is 0 Å². The summed E-state index contributed by atoms with van der Waals surface area (Å²) >= 11 is 2.36. The Bertz CT molecular complexity index is 1010. The molecule has 0 bridgehead atoms. The summed E-state index contributed by atoms with van der Waals surface area (Å²) in [7, 11) is -2.46. The zero-order valence-electron chi connectivity index (χ0n) is 19.1. The minimum atomic E-state index is -2.46. The molecule has 0 heterocycles. The summed E-state index contributed by atoms with van der Waals surface area (Å²) < 4.78 is 1.12. The smallest absolute Gasteiger partial charge is 1.00 e. The maximum Gasteiger partial charge on any atom is -1.00 e. The molecule has 0 amide bonds. The van der Waals surface area contributed by atoms with Crippen molar-refractivity contribution in [3.8, 4) is 0 Å². The second-order valence-corrected chi connectivity index (χ2v) is 12.9. The summed E-state index contributed by atoms with van der Waals surface area (Å²) in [6, 6.07) is 33.9. The minimum Gasteiger partial charge on any atom is -1.00 e. The Labute approximate surface area is 218 Å². The molecule has 1 atom stereocenters. The van der Waals surface area contributed by atoms with E-state index in [0.29, 0.717) is 0 Å². The van der Waals surface area contributed by atoms with E-state index in [2.05, 4.69) is 139 Å². The van der Waals surface area contributed by atoms with Gasteiger partial charge in [0.15, 0.2) is 0 Å². The average Bonchev–Trinajstić information content (AvgIpc) is 2.98. The van der Waals surface area contributed by atoms with Gasteiger partial charge in [-0.05, 0) is 0 Å². The van der Waals surface area contributed by atoms with Crippen molar-refractivity contribution < 1.29 is 45.2 Å². The summed E-state index contributed by atoms with van der Waals surface area (Å²) in [4.78, 5) is 0. The van der Waals surface area contributed by atoms with Gasteiger partial charge in [-0.25, -0.2) is 0 Å². The first-order valence-corrected chi connectivity index (χ1v) is 13.8. The summed E-state index contributed by atoms with van der Waals surface area (Å²) in [5.74, 6) is 0. The summed E-state index contributed by atoms with van der Waals surface area (Å²) in [5.41, 5.74) is 4.59. The van der Waals surface area contributed by atoms with Crippen molar-refractivity contribution in [2.24, 2.45) is 5.41 Å². The fourth-order valence-electron chi connectivity index (χ4n) is 5.40. The predicted molar refractivity (Wildman–Crippen MR) is 128 cm³/mol. The molecule has 0 radical (unpaired) electrons. The van der Waals surface area contributed by atoms with Crippen LogP contribution >= 0.6 is 0 Å². The van der Waals surface area contributed by atoms with Gasteiger partial charge in [-0.1, -0.05) is 0 Å². The normalized spacial score (nSPS) is 18.3. The molecule has 4 heteroatoms. The number of benzene rings is 3. The van der Waals surface area contributed by atoms with Gasteiger partial charge in [0.05, 0.1) is 0 Å². The molecule has 0 nitrogen and oxygen atoms in total. The molecular formula is C28H29Cl2SiTi. The Kier molecular flexibility index (Phi) is 9.01. The predicted octanol–water partition coefficient (Wildman–Crippen LogP) is -0.658. The van der Waals surface area contributed by atoms with Gasteiger partial charge in [-0.3, -0.25) is 0 Å². The van der Waals surface area contributed by atoms with Crippen molar-refractivity contribution in [1.82, 2.24) is 0 Å². The van der Waals surface area contributed by atoms with Crippen LogP contribution in [0.1, 0.15) is 27.7 Å². The van der Waals surface area contributed by atoms with Crippen LogP contribution in [-0.2, 0) is 20.4 Å². The number of hydrogen-bond acceptors (Lipinski definition) is 0. The molecule has 3 aromatic rings. The second kappa shape index (κ2) is 10.7. The molecule has 3 aromatic carbocycles. The minimum absolute atomic E-state index is 0. The van der Waals surface area contributed by atoms with E-state index >= 15 is 0 Å². The Balaban J connectivity index is 0.00000181. The molecule has 0 N–H and O–H groups in total.